The van der Waals surface area contributed by atoms with Crippen molar-refractivity contribution in [3.8, 4) is 0 Å². The lowest BCUT2D eigenvalue weighted by Crippen LogP contribution is -2.64. The van der Waals surface area contributed by atoms with Crippen LogP contribution in [0.3, 0.4) is 0 Å². The molecule has 0 aromatic carbocycles. The summed E-state index contributed by atoms with van der Waals surface area (Å²) in [5.74, 6) is -3.13. The van der Waals surface area contributed by atoms with Crippen LogP contribution in [0.5, 0.6) is 0 Å². The molecular weight excluding hydrogens is 1660 g/mol. The maximum atomic E-state index is 13.8. The molecule has 708 valence electrons. The van der Waals surface area contributed by atoms with E-state index >= 15 is 0 Å². The van der Waals surface area contributed by atoms with Crippen LogP contribution >= 0.6 is 15.6 Å². The van der Waals surface area contributed by atoms with Crippen LogP contribution in [0.4, 0.5) is 0 Å². The maximum Gasteiger partial charge on any atom is 0.472 e. The monoisotopic (exact) mass is 1800 g/mol. The second-order valence-electron chi connectivity index (χ2n) is 30.7. The molecule has 122 heavy (non-hydrogen) atoms. The number of rotatable bonds is 67. The van der Waals surface area contributed by atoms with Gasteiger partial charge in [-0.25, -0.2) is 9.13 Å². The Bertz CT molecular complexity index is 3110. The Morgan fingerprint density at radius 2 is 0.615 bits per heavy atom. The van der Waals surface area contributed by atoms with Gasteiger partial charge in [-0.1, -0.05) is 51.4 Å². The minimum Gasteiger partial charge on any atom is -0.395 e. The minimum atomic E-state index is -4.86. The summed E-state index contributed by atoms with van der Waals surface area (Å²) in [6.45, 7) is 0.190. The number of carbonyl (C=O) groups is 9. The third kappa shape index (κ3) is 44.5. The van der Waals surface area contributed by atoms with Crippen molar-refractivity contribution in [3.63, 3.8) is 0 Å². The second-order valence-corrected chi connectivity index (χ2v) is 33.6. The molecule has 4 fully saturated rings. The van der Waals surface area contributed by atoms with Crippen LogP contribution < -0.4 is 31.9 Å². The first kappa shape index (κ1) is 109. The van der Waals surface area contributed by atoms with E-state index < -0.39 is 184 Å². The molecule has 9 amide bonds. The first-order valence-corrected chi connectivity index (χ1v) is 46.0. The van der Waals surface area contributed by atoms with Gasteiger partial charge < -0.3 is 141 Å². The van der Waals surface area contributed by atoms with E-state index in [2.05, 4.69) is 31.9 Å². The van der Waals surface area contributed by atoms with Crippen LogP contribution in [-0.2, 0) is 104 Å². The number of nitrogens with one attached hydrogen (secondary N) is 6. The molecule has 3 aliphatic heterocycles. The zero-order chi connectivity index (χ0) is 89.8. The third-order valence-corrected chi connectivity index (χ3v) is 22.9. The molecule has 0 radical (unpaired) electrons. The smallest absolute Gasteiger partial charge is 0.395 e. The summed E-state index contributed by atoms with van der Waals surface area (Å²) < 4.78 is 87.5. The first-order chi connectivity index (χ1) is 58.3. The number of phosphoric acid groups is 2. The van der Waals surface area contributed by atoms with E-state index in [1.807, 2.05) is 0 Å². The highest BCUT2D eigenvalue weighted by Gasteiger charge is 2.48. The van der Waals surface area contributed by atoms with Crippen LogP contribution in [-0.4, -0.2) is 365 Å². The molecule has 0 aromatic rings. The highest BCUT2D eigenvalue weighted by molar-refractivity contribution is 7.47. The standard InChI is InChI=1S/C77H141N9O34P2/c1-53(91)81-66-72(103)69(100)57(50-88)118-75(66)111-42-21-7-10-26-60(94)78-32-18-4-13-29-63(97)84(35-41-87)37-46-114-121(106,107)116-48-39-86(65(99)31-15-6-20-34-80-62(96)28-12-9-23-44-113-77-68(83-55(3)93)74(105)71(102)59(52-90)120-77)40-49-117-122(108,109)115-47-38-85(36-45-110-56-24-16-17-25-56)64(98)30-14-5-19-33-79-61(95)27-11-8-22-43-112-76-67(82-54(2)92)73(104)70(101)58(51-89)119-76/h56-59,66-77,87-90,100-105H,4-52H2,1-3H3,(H,78,94)(H,79,95)(H,80,96)(H,81,91)(H,82,92)(H,83,93)(H,106,107)(H,108,109). The number of phosphoric ester groups is 2. The van der Waals surface area contributed by atoms with E-state index in [1.165, 1.54) is 35.5 Å². The van der Waals surface area contributed by atoms with Gasteiger partial charge in [0.1, 0.15) is 73.1 Å². The number of hydrogen-bond acceptors (Lipinski definition) is 32. The first-order valence-electron chi connectivity index (χ1n) is 43.0. The van der Waals surface area contributed by atoms with Gasteiger partial charge in [0.05, 0.1) is 65.6 Å². The SMILES string of the molecule is CC(=O)NC1C(OCCCCCC(=O)NCCCCCC(=O)N(CCO)CCOP(=O)(O)OCCN(CCOP(=O)(O)OCCN(CCOC2CCCC2)C(=O)CCCCCNC(=O)CCCCCOC2OC(CO)C(O)C(O)C2NC(C)=O)C(=O)CCCCCNC(=O)CCCCCOC2OC(CO)C(O)C(O)C2NC(C)=O)OC(CO)C(O)C1O. The van der Waals surface area contributed by atoms with Crippen molar-refractivity contribution in [2.24, 2.45) is 0 Å². The van der Waals surface area contributed by atoms with Crippen LogP contribution in [0, 0.1) is 0 Å². The summed E-state index contributed by atoms with van der Waals surface area (Å²) in [6, 6.07) is -3.21. The predicted molar refractivity (Wildman–Crippen MR) is 432 cm³/mol. The molecule has 17 unspecified atom stereocenters. The van der Waals surface area contributed by atoms with Gasteiger partial charge in [-0.05, 0) is 89.9 Å². The van der Waals surface area contributed by atoms with Gasteiger partial charge in [0.2, 0.25) is 53.2 Å². The molecule has 45 heteroatoms. The summed E-state index contributed by atoms with van der Waals surface area (Å²) in [5, 5.41) is 117. The van der Waals surface area contributed by atoms with Crippen molar-refractivity contribution in [2.45, 2.75) is 299 Å². The molecule has 18 N–H and O–H groups in total. The number of carbonyl (C=O) groups excluding carboxylic acids is 9. The van der Waals surface area contributed by atoms with Gasteiger partial charge in [0, 0.05) is 138 Å². The zero-order valence-corrected chi connectivity index (χ0v) is 72.8. The zero-order valence-electron chi connectivity index (χ0n) is 71.0. The van der Waals surface area contributed by atoms with Crippen molar-refractivity contribution < 1.29 is 164 Å². The highest BCUT2D eigenvalue weighted by Crippen LogP contribution is 2.44. The van der Waals surface area contributed by atoms with Gasteiger partial charge in [0.15, 0.2) is 18.9 Å². The van der Waals surface area contributed by atoms with Gasteiger partial charge in [-0.3, -0.25) is 61.2 Å². The summed E-state index contributed by atoms with van der Waals surface area (Å²) >= 11 is 0. The summed E-state index contributed by atoms with van der Waals surface area (Å²) in [6.07, 6.45) is -1.45. The molecular formula is C77H141N9O34P2. The summed E-state index contributed by atoms with van der Waals surface area (Å²) in [5.41, 5.74) is 0. The van der Waals surface area contributed by atoms with Crippen molar-refractivity contribution >= 4 is 68.8 Å². The average Bonchev–Trinajstić information content (AvgIpc) is 0.959. The van der Waals surface area contributed by atoms with E-state index in [9.17, 15) is 113 Å². The molecule has 1 aliphatic carbocycles. The van der Waals surface area contributed by atoms with Gasteiger partial charge in [-0.15, -0.1) is 0 Å². The molecule has 0 bridgehead atoms. The third-order valence-electron chi connectivity index (χ3n) is 20.8. The normalized spacial score (nSPS) is 24.6. The Morgan fingerprint density at radius 3 is 0.893 bits per heavy atom. The van der Waals surface area contributed by atoms with E-state index in [-0.39, 0.29) is 146 Å². The average molecular weight is 1800 g/mol. The molecule has 0 spiro atoms. The van der Waals surface area contributed by atoms with Crippen LogP contribution in [0.25, 0.3) is 0 Å². The van der Waals surface area contributed by atoms with E-state index in [0.717, 1.165) is 25.7 Å². The Morgan fingerprint density at radius 1 is 0.344 bits per heavy atom. The van der Waals surface area contributed by atoms with Crippen LogP contribution in [0.1, 0.15) is 201 Å². The fourth-order valence-electron chi connectivity index (χ4n) is 14.0. The summed E-state index contributed by atoms with van der Waals surface area (Å²) in [4.78, 5) is 139. The number of hydrogen-bond donors (Lipinski definition) is 18. The summed E-state index contributed by atoms with van der Waals surface area (Å²) in [7, 11) is -9.71. The van der Waals surface area contributed by atoms with Gasteiger partial charge in [0.25, 0.3) is 0 Å². The molecule has 1 saturated carbocycles. The number of nitrogens with zero attached hydrogens (tertiary/aromatic N) is 3. The molecule has 43 nitrogen and oxygen atoms in total. The van der Waals surface area contributed by atoms with Crippen molar-refractivity contribution in [1.29, 1.82) is 0 Å². The molecule has 0 aromatic heterocycles. The van der Waals surface area contributed by atoms with Gasteiger partial charge in [-0.2, -0.15) is 0 Å². The Kier molecular flexibility index (Phi) is 55.5. The van der Waals surface area contributed by atoms with Crippen molar-refractivity contribution in [1.82, 2.24) is 46.6 Å². The van der Waals surface area contributed by atoms with E-state index in [0.29, 0.717) is 129 Å². The van der Waals surface area contributed by atoms with E-state index in [4.69, 9.17) is 51.3 Å². The number of ether oxygens (including phenoxy) is 7. The molecule has 4 rings (SSSR count). The lowest BCUT2D eigenvalue weighted by molar-refractivity contribution is -0.270. The topological polar surface area (TPSA) is 614 Å². The fourth-order valence-corrected chi connectivity index (χ4v) is 15.4. The number of aliphatic hydroxyl groups is 10. The van der Waals surface area contributed by atoms with E-state index in [1.54, 1.807) is 0 Å². The minimum absolute atomic E-state index is 0.0490. The second kappa shape index (κ2) is 62.0. The number of unbranched alkanes of at least 4 members (excludes halogenated alkanes) is 12. The quantitative estimate of drug-likeness (QED) is 0.0238. The predicted octanol–water partition coefficient (Wildman–Crippen LogP) is -1.72. The van der Waals surface area contributed by atoms with Gasteiger partial charge >= 0.3 is 15.6 Å². The molecule has 3 saturated heterocycles. The fraction of sp³-hybridized carbons (Fsp3) is 0.883. The largest absolute Gasteiger partial charge is 0.472 e. The number of aliphatic hydroxyl groups excluding tert-OH is 10. The molecule has 3 heterocycles. The maximum absolute atomic E-state index is 13.8. The molecule has 17 atom stereocenters. The lowest BCUT2D eigenvalue weighted by Gasteiger charge is -2.42. The Balaban J connectivity index is 1.21. The van der Waals surface area contributed by atoms with Crippen LogP contribution in [0.15, 0.2) is 0 Å². The lowest BCUT2D eigenvalue weighted by atomic mass is 9.97. The van der Waals surface area contributed by atoms with Crippen molar-refractivity contribution in [3.05, 3.63) is 0 Å². The van der Waals surface area contributed by atoms with Crippen molar-refractivity contribution in [2.75, 3.05) is 138 Å². The molecule has 4 aliphatic rings. The Hall–Kier alpha value is -5.23. The Labute approximate surface area is 713 Å². The van der Waals surface area contributed by atoms with Crippen LogP contribution in [0.2, 0.25) is 0 Å². The number of amides is 9. The highest BCUT2D eigenvalue weighted by atomic mass is 31.2.